The maximum atomic E-state index is 3.74. The van der Waals surface area contributed by atoms with Gasteiger partial charge >= 0.3 is 0 Å². The lowest BCUT2D eigenvalue weighted by molar-refractivity contribution is 1.09. The van der Waals surface area contributed by atoms with Crippen LogP contribution in [0.2, 0.25) is 0 Å². The molecule has 0 amide bonds. The maximum absolute atomic E-state index is 3.74. The van der Waals surface area contributed by atoms with E-state index >= 15 is 0 Å². The van der Waals surface area contributed by atoms with Crippen molar-refractivity contribution in [3.63, 3.8) is 0 Å². The fourth-order valence-electron chi connectivity index (χ4n) is 0.359. The van der Waals surface area contributed by atoms with Crippen molar-refractivity contribution < 1.29 is 0 Å². The summed E-state index contributed by atoms with van der Waals surface area (Å²) in [5.74, 6) is 0.764. The van der Waals surface area contributed by atoms with E-state index in [9.17, 15) is 0 Å². The molecule has 1 rings (SSSR count). The van der Waals surface area contributed by atoms with Gasteiger partial charge in [0.2, 0.25) is 0 Å². The van der Waals surface area contributed by atoms with Crippen molar-refractivity contribution in [2.24, 2.45) is 0 Å². The summed E-state index contributed by atoms with van der Waals surface area (Å²) in [6, 6.07) is 1.80. The van der Waals surface area contributed by atoms with Crippen molar-refractivity contribution in [1.82, 2.24) is 10.2 Å². The largest absolute Gasteiger partial charge is 0.367 e. The summed E-state index contributed by atoms with van der Waals surface area (Å²) in [6.07, 6.45) is 1.73. The van der Waals surface area contributed by atoms with E-state index in [-0.39, 0.29) is 0 Å². The van der Waals surface area contributed by atoms with Gasteiger partial charge in [0.05, 0.1) is 0 Å². The first-order chi connectivity index (χ1) is 3.43. The van der Waals surface area contributed by atoms with Crippen molar-refractivity contribution in [1.29, 1.82) is 0 Å². The van der Waals surface area contributed by atoms with Gasteiger partial charge in [0, 0.05) is 13.2 Å². The second-order valence-corrected chi connectivity index (χ2v) is 1.14. The number of nitrogens with one attached hydrogen (secondary N) is 2. The first kappa shape index (κ1) is 4.18. The average Bonchev–Trinajstić information content (AvgIpc) is 2.14. The molecule has 0 spiro atoms. The van der Waals surface area contributed by atoms with Gasteiger partial charge in [-0.2, -0.15) is 5.10 Å². The van der Waals surface area contributed by atoms with Crippen LogP contribution < -0.4 is 5.32 Å². The predicted octanol–water partition coefficient (Wildman–Crippen LogP) is 0.613. The third-order valence-electron chi connectivity index (χ3n) is 0.682. The molecule has 0 atom stereocenters. The summed E-state index contributed by atoms with van der Waals surface area (Å²) in [4.78, 5) is 0. The van der Waals surface area contributed by atoms with Gasteiger partial charge in [-0.3, -0.25) is 5.10 Å². The minimum atomic E-state index is 0.764. The summed E-state index contributed by atoms with van der Waals surface area (Å²) in [7, 11) is 3.40. The van der Waals surface area contributed by atoms with E-state index in [1.165, 1.54) is 0 Å². The second kappa shape index (κ2) is 1.64. The Morgan fingerprint density at radius 1 is 1.86 bits per heavy atom. The van der Waals surface area contributed by atoms with Crippen LogP contribution in [0.1, 0.15) is 0 Å². The van der Waals surface area contributed by atoms with Gasteiger partial charge in [-0.15, -0.1) is 0 Å². The van der Waals surface area contributed by atoms with E-state index in [1.54, 1.807) is 12.3 Å². The minimum absolute atomic E-state index is 0.764. The topological polar surface area (TPSA) is 40.7 Å². The van der Waals surface area contributed by atoms with Crippen LogP contribution in [0.5, 0.6) is 0 Å². The molecule has 1 heterocycles. The molecule has 1 radical (unpaired) electrons. The number of hydrogen-bond acceptors (Lipinski definition) is 2. The highest BCUT2D eigenvalue weighted by Crippen LogP contribution is 1.94. The third kappa shape index (κ3) is 0.707. The molecule has 3 nitrogen and oxygen atoms in total. The molecule has 0 aliphatic carbocycles. The number of aromatic nitrogens is 2. The van der Waals surface area contributed by atoms with Crippen LogP contribution in [-0.2, 0) is 0 Å². The molecule has 0 aliphatic heterocycles. The van der Waals surface area contributed by atoms with Gasteiger partial charge in [-0.05, 0) is 6.07 Å². The van der Waals surface area contributed by atoms with Crippen molar-refractivity contribution in [2.45, 2.75) is 0 Å². The molecule has 0 unspecified atom stereocenters. The molecular weight excluding hydrogens is 90.1 g/mol. The fraction of sp³-hybridized carbons (Fsp3) is 0. The first-order valence-corrected chi connectivity index (χ1v) is 1.96. The predicted molar refractivity (Wildman–Crippen MR) is 27.6 cm³/mol. The molecule has 0 aromatic carbocycles. The number of rotatable bonds is 1. The quantitative estimate of drug-likeness (QED) is 0.537. The molecule has 2 N–H and O–H groups in total. The van der Waals surface area contributed by atoms with Crippen LogP contribution in [-0.4, -0.2) is 10.2 Å². The standard InChI is InChI=1S/C4H6N3/c1-5-4-2-3-6-7-4/h2-3H,1H2,(H2,5,6,7). The highest BCUT2D eigenvalue weighted by atomic mass is 15.2. The Hall–Kier alpha value is -0.990. The number of hydrogen-bond donors (Lipinski definition) is 2. The van der Waals surface area contributed by atoms with Crippen molar-refractivity contribution in [3.05, 3.63) is 19.3 Å². The first-order valence-electron chi connectivity index (χ1n) is 1.96. The van der Waals surface area contributed by atoms with Crippen LogP contribution in [0.4, 0.5) is 5.82 Å². The van der Waals surface area contributed by atoms with Crippen LogP contribution in [0.15, 0.2) is 12.3 Å². The van der Waals surface area contributed by atoms with Crippen LogP contribution >= 0.6 is 0 Å². The van der Waals surface area contributed by atoms with Gasteiger partial charge < -0.3 is 5.32 Å². The highest BCUT2D eigenvalue weighted by molar-refractivity contribution is 5.31. The summed E-state index contributed by atoms with van der Waals surface area (Å²) in [5.41, 5.74) is 0. The van der Waals surface area contributed by atoms with Crippen LogP contribution in [0.3, 0.4) is 0 Å². The molecule has 7 heavy (non-hydrogen) atoms. The number of H-pyrrole nitrogens is 1. The molecule has 0 saturated heterocycles. The minimum Gasteiger partial charge on any atom is -0.367 e. The van der Waals surface area contributed by atoms with Crippen molar-refractivity contribution in [3.8, 4) is 0 Å². The molecule has 0 saturated carbocycles. The average molecular weight is 96.1 g/mol. The summed E-state index contributed by atoms with van der Waals surface area (Å²) >= 11 is 0. The summed E-state index contributed by atoms with van der Waals surface area (Å²) in [5, 5.41) is 8.98. The van der Waals surface area contributed by atoms with Crippen molar-refractivity contribution >= 4 is 5.82 Å². The monoisotopic (exact) mass is 96.1 g/mol. The van der Waals surface area contributed by atoms with Gasteiger partial charge in [-0.25, -0.2) is 0 Å². The summed E-state index contributed by atoms with van der Waals surface area (Å²) in [6.45, 7) is 0. The molecule has 0 aliphatic rings. The van der Waals surface area contributed by atoms with Crippen molar-refractivity contribution in [2.75, 3.05) is 5.32 Å². The van der Waals surface area contributed by atoms with E-state index < -0.39 is 0 Å². The highest BCUT2D eigenvalue weighted by Gasteiger charge is 1.81. The lowest BCUT2D eigenvalue weighted by Crippen LogP contribution is -1.81. The maximum Gasteiger partial charge on any atom is 0.147 e. The van der Waals surface area contributed by atoms with E-state index in [2.05, 4.69) is 22.6 Å². The third-order valence-corrected chi connectivity index (χ3v) is 0.682. The summed E-state index contributed by atoms with van der Waals surface area (Å²) < 4.78 is 0. The van der Waals surface area contributed by atoms with Crippen LogP contribution in [0.25, 0.3) is 0 Å². The lowest BCUT2D eigenvalue weighted by atomic mass is 10.6. The molecule has 1 aromatic heterocycles. The normalized spacial score (nSPS) is 8.71. The molecule has 0 fully saturated rings. The second-order valence-electron chi connectivity index (χ2n) is 1.14. The Morgan fingerprint density at radius 2 is 2.71 bits per heavy atom. The molecule has 1 aromatic rings. The Kier molecular flexibility index (Phi) is 0.978. The Morgan fingerprint density at radius 3 is 3.00 bits per heavy atom. The molecule has 37 valence electrons. The number of aromatic amines is 1. The van der Waals surface area contributed by atoms with Gasteiger partial charge in [0.15, 0.2) is 0 Å². The van der Waals surface area contributed by atoms with Crippen LogP contribution in [0, 0.1) is 7.05 Å². The fourth-order valence-corrected chi connectivity index (χ4v) is 0.359. The molecule has 0 bridgehead atoms. The Labute approximate surface area is 41.7 Å². The Bertz CT molecular complexity index is 121. The van der Waals surface area contributed by atoms with E-state index in [0.29, 0.717) is 0 Å². The molecule has 3 heteroatoms. The molecular formula is C4H6N3. The van der Waals surface area contributed by atoms with E-state index in [1.807, 2.05) is 0 Å². The zero-order valence-corrected chi connectivity index (χ0v) is 3.81. The lowest BCUT2D eigenvalue weighted by Gasteiger charge is -1.83. The van der Waals surface area contributed by atoms with E-state index in [0.717, 1.165) is 5.82 Å². The number of anilines is 1. The zero-order chi connectivity index (χ0) is 5.11. The smallest absolute Gasteiger partial charge is 0.147 e. The zero-order valence-electron chi connectivity index (χ0n) is 3.81. The number of nitrogens with zero attached hydrogens (tertiary/aromatic N) is 1. The van der Waals surface area contributed by atoms with Gasteiger partial charge in [0.25, 0.3) is 0 Å². The van der Waals surface area contributed by atoms with Gasteiger partial charge in [0.1, 0.15) is 5.82 Å². The SMILES string of the molecule is [CH2]Nc1cc[nH]n1. The van der Waals surface area contributed by atoms with Gasteiger partial charge in [-0.1, -0.05) is 0 Å². The van der Waals surface area contributed by atoms with E-state index in [4.69, 9.17) is 0 Å². The Balaban J connectivity index is 2.76.